The van der Waals surface area contributed by atoms with Crippen LogP contribution in [0.1, 0.15) is 29.2 Å². The van der Waals surface area contributed by atoms with E-state index in [2.05, 4.69) is 56.3 Å². The molecule has 41 heavy (non-hydrogen) atoms. The van der Waals surface area contributed by atoms with Crippen LogP contribution >= 0.6 is 12.2 Å². The summed E-state index contributed by atoms with van der Waals surface area (Å²) < 4.78 is 7.84. The van der Waals surface area contributed by atoms with Crippen LogP contribution in [0.25, 0.3) is 5.69 Å². The van der Waals surface area contributed by atoms with Gasteiger partial charge in [-0.25, -0.2) is 0 Å². The van der Waals surface area contributed by atoms with Gasteiger partial charge in [0.15, 0.2) is 11.7 Å². The minimum absolute atomic E-state index is 0.0739. The highest BCUT2D eigenvalue weighted by atomic mass is 32.1. The van der Waals surface area contributed by atoms with Crippen LogP contribution in [-0.2, 0) is 4.79 Å². The van der Waals surface area contributed by atoms with Gasteiger partial charge in [0.2, 0.25) is 0 Å². The van der Waals surface area contributed by atoms with Crippen LogP contribution in [0.5, 0.6) is 5.75 Å². The molecule has 0 saturated carbocycles. The molecule has 1 aliphatic heterocycles. The summed E-state index contributed by atoms with van der Waals surface area (Å²) in [5.41, 5.74) is 5.78. The van der Waals surface area contributed by atoms with E-state index in [0.717, 1.165) is 28.5 Å². The van der Waals surface area contributed by atoms with Crippen LogP contribution in [0.2, 0.25) is 0 Å². The van der Waals surface area contributed by atoms with Gasteiger partial charge in [-0.05, 0) is 91.9 Å². The first-order valence-electron chi connectivity index (χ1n) is 13.4. The van der Waals surface area contributed by atoms with E-state index >= 15 is 0 Å². The number of aromatic nitrogens is 2. The fourth-order valence-corrected chi connectivity index (χ4v) is 5.57. The SMILES string of the molecule is Cc1ccc([C@H]2[C@@H](c3ccccn3)NC(=S)N2c2ccc(NC(=O)COc3ccccc3)cc2)n1-c1ccccc1. The molecule has 0 unspecified atom stereocenters. The maximum atomic E-state index is 12.5. The molecular formula is C33H29N5O2S. The van der Waals surface area contributed by atoms with E-state index in [-0.39, 0.29) is 24.6 Å². The molecule has 0 bridgehead atoms. The van der Waals surface area contributed by atoms with E-state index in [1.165, 1.54) is 0 Å². The standard InChI is InChI=1S/C33H29N5O2S/c1-23-15-20-29(37(23)25-10-4-2-5-11-25)32-31(28-14-8-9-21-34-28)36-33(41)38(32)26-18-16-24(17-19-26)35-30(39)22-40-27-12-6-3-7-13-27/h2-21,31-32H,22H2,1H3,(H,35,39)(H,36,41)/t31-,32+/m1/s1. The molecule has 8 heteroatoms. The number of aryl methyl sites for hydroxylation is 1. The molecule has 0 aliphatic carbocycles. The van der Waals surface area contributed by atoms with Crippen LogP contribution in [0, 0.1) is 6.92 Å². The largest absolute Gasteiger partial charge is 0.484 e. The van der Waals surface area contributed by atoms with Gasteiger partial charge < -0.3 is 24.8 Å². The number of nitrogens with one attached hydrogen (secondary N) is 2. The Labute approximate surface area is 244 Å². The number of ether oxygens (including phenoxy) is 1. The summed E-state index contributed by atoms with van der Waals surface area (Å²) >= 11 is 5.92. The number of carbonyl (C=O) groups excluding carboxylic acids is 1. The predicted octanol–water partition coefficient (Wildman–Crippen LogP) is 6.38. The van der Waals surface area contributed by atoms with Crippen LogP contribution in [0.3, 0.4) is 0 Å². The molecule has 0 spiro atoms. The molecule has 0 radical (unpaired) electrons. The zero-order valence-corrected chi connectivity index (χ0v) is 23.3. The minimum Gasteiger partial charge on any atom is -0.484 e. The Hall–Kier alpha value is -4.95. The van der Waals surface area contributed by atoms with Gasteiger partial charge in [0.05, 0.1) is 11.7 Å². The Balaban J connectivity index is 1.30. The molecule has 7 nitrogen and oxygen atoms in total. The molecule has 1 amide bonds. The van der Waals surface area contributed by atoms with Crippen molar-refractivity contribution in [2.45, 2.75) is 19.0 Å². The minimum atomic E-state index is -0.232. The molecule has 2 atom stereocenters. The van der Waals surface area contributed by atoms with Crippen LogP contribution < -0.4 is 20.3 Å². The predicted molar refractivity (Wildman–Crippen MR) is 165 cm³/mol. The number of pyridine rings is 1. The van der Waals surface area contributed by atoms with E-state index in [1.54, 1.807) is 6.20 Å². The number of anilines is 2. The monoisotopic (exact) mass is 559 g/mol. The lowest BCUT2D eigenvalue weighted by Crippen LogP contribution is -2.30. The van der Waals surface area contributed by atoms with Crippen molar-refractivity contribution in [2.75, 3.05) is 16.8 Å². The van der Waals surface area contributed by atoms with Gasteiger partial charge in [0.1, 0.15) is 11.8 Å². The lowest BCUT2D eigenvalue weighted by atomic mass is 10.0. The highest BCUT2D eigenvalue weighted by molar-refractivity contribution is 7.80. The second kappa shape index (κ2) is 11.7. The first-order chi connectivity index (χ1) is 20.1. The third-order valence-electron chi connectivity index (χ3n) is 7.06. The summed E-state index contributed by atoms with van der Waals surface area (Å²) in [4.78, 5) is 19.3. The molecule has 6 rings (SSSR count). The maximum absolute atomic E-state index is 12.5. The Morgan fingerprint density at radius 1 is 0.878 bits per heavy atom. The third-order valence-corrected chi connectivity index (χ3v) is 7.38. The summed E-state index contributed by atoms with van der Waals surface area (Å²) in [6.07, 6.45) is 1.81. The topological polar surface area (TPSA) is 71.4 Å². The average molecular weight is 560 g/mol. The number of carbonyl (C=O) groups is 1. The molecule has 2 N–H and O–H groups in total. The van der Waals surface area contributed by atoms with Gasteiger partial charge in [-0.2, -0.15) is 0 Å². The van der Waals surface area contributed by atoms with Gasteiger partial charge in [-0.15, -0.1) is 0 Å². The summed E-state index contributed by atoms with van der Waals surface area (Å²) in [5.74, 6) is 0.418. The van der Waals surface area contributed by atoms with Crippen molar-refractivity contribution in [3.8, 4) is 11.4 Å². The number of para-hydroxylation sites is 2. The molecule has 1 saturated heterocycles. The summed E-state index contributed by atoms with van der Waals surface area (Å²) in [6.45, 7) is 2.03. The number of rotatable bonds is 8. The summed E-state index contributed by atoms with van der Waals surface area (Å²) in [5, 5.41) is 7.05. The van der Waals surface area contributed by atoms with Gasteiger partial charge in [-0.1, -0.05) is 42.5 Å². The van der Waals surface area contributed by atoms with Crippen molar-refractivity contribution in [1.82, 2.24) is 14.9 Å². The van der Waals surface area contributed by atoms with E-state index in [9.17, 15) is 4.79 Å². The number of benzene rings is 3. The maximum Gasteiger partial charge on any atom is 0.262 e. The summed E-state index contributed by atoms with van der Waals surface area (Å²) in [6, 6.07) is 37.2. The third kappa shape index (κ3) is 5.55. The highest BCUT2D eigenvalue weighted by Gasteiger charge is 2.42. The lowest BCUT2D eigenvalue weighted by molar-refractivity contribution is -0.118. The van der Waals surface area contributed by atoms with E-state index < -0.39 is 0 Å². The van der Waals surface area contributed by atoms with Crippen molar-refractivity contribution < 1.29 is 9.53 Å². The fourth-order valence-electron chi connectivity index (χ4n) is 5.22. The first-order valence-corrected chi connectivity index (χ1v) is 13.8. The van der Waals surface area contributed by atoms with Crippen molar-refractivity contribution in [3.05, 3.63) is 139 Å². The van der Waals surface area contributed by atoms with E-state index in [0.29, 0.717) is 16.5 Å². The zero-order chi connectivity index (χ0) is 28.2. The molecule has 2 aromatic heterocycles. The second-order valence-corrected chi connectivity index (χ2v) is 10.2. The highest BCUT2D eigenvalue weighted by Crippen LogP contribution is 2.43. The Morgan fingerprint density at radius 2 is 1.59 bits per heavy atom. The van der Waals surface area contributed by atoms with Crippen molar-refractivity contribution in [3.63, 3.8) is 0 Å². The Bertz CT molecular complexity index is 1640. The number of amides is 1. The molecule has 3 heterocycles. The van der Waals surface area contributed by atoms with Gasteiger partial charge in [-0.3, -0.25) is 9.78 Å². The lowest BCUT2D eigenvalue weighted by Gasteiger charge is -2.29. The smallest absolute Gasteiger partial charge is 0.262 e. The van der Waals surface area contributed by atoms with Gasteiger partial charge in [0.25, 0.3) is 5.91 Å². The molecule has 1 fully saturated rings. The number of hydrogen-bond donors (Lipinski definition) is 2. The zero-order valence-electron chi connectivity index (χ0n) is 22.5. The quantitative estimate of drug-likeness (QED) is 0.215. The number of nitrogens with zero attached hydrogens (tertiary/aromatic N) is 3. The van der Waals surface area contributed by atoms with Crippen molar-refractivity contribution in [2.24, 2.45) is 0 Å². The first kappa shape index (κ1) is 26.3. The number of thiocarbonyl (C=S) groups is 1. The average Bonchev–Trinajstić information content (AvgIpc) is 3.57. The van der Waals surface area contributed by atoms with E-state index in [1.807, 2.05) is 91.0 Å². The molecule has 1 aliphatic rings. The van der Waals surface area contributed by atoms with Gasteiger partial charge >= 0.3 is 0 Å². The fraction of sp³-hybridized carbons (Fsp3) is 0.121. The normalized spacial score (nSPS) is 16.3. The molecular weight excluding hydrogens is 530 g/mol. The van der Waals surface area contributed by atoms with Crippen LogP contribution in [-0.4, -0.2) is 27.2 Å². The van der Waals surface area contributed by atoms with E-state index in [4.69, 9.17) is 17.0 Å². The molecule has 5 aromatic rings. The Kier molecular flexibility index (Phi) is 7.47. The van der Waals surface area contributed by atoms with Crippen molar-refractivity contribution in [1.29, 1.82) is 0 Å². The molecule has 3 aromatic carbocycles. The van der Waals surface area contributed by atoms with Crippen molar-refractivity contribution >= 4 is 34.6 Å². The Morgan fingerprint density at radius 3 is 2.29 bits per heavy atom. The van der Waals surface area contributed by atoms with Gasteiger partial charge in [0, 0.05) is 34.6 Å². The van der Waals surface area contributed by atoms with Crippen LogP contribution in [0.15, 0.2) is 121 Å². The van der Waals surface area contributed by atoms with Crippen LogP contribution in [0.4, 0.5) is 11.4 Å². The second-order valence-electron chi connectivity index (χ2n) is 9.76. The summed E-state index contributed by atoms with van der Waals surface area (Å²) in [7, 11) is 0. The molecule has 204 valence electrons. The number of hydrogen-bond acceptors (Lipinski definition) is 4.